The molecule has 6 heteroatoms. The number of carbonyl (C=O) groups excluding carboxylic acids is 1. The van der Waals surface area contributed by atoms with Crippen molar-refractivity contribution in [2.75, 3.05) is 18.4 Å². The molecule has 0 unspecified atom stereocenters. The van der Waals surface area contributed by atoms with Crippen LogP contribution in [0.1, 0.15) is 33.3 Å². The van der Waals surface area contributed by atoms with Gasteiger partial charge in [-0.3, -0.25) is 10.1 Å². The normalized spacial score (nSPS) is 10.9. The van der Waals surface area contributed by atoms with E-state index in [4.69, 9.17) is 0 Å². The summed E-state index contributed by atoms with van der Waals surface area (Å²) in [6, 6.07) is 4.27. The molecule has 2 amide bonds. The number of amides is 2. The third-order valence-corrected chi connectivity index (χ3v) is 3.12. The first-order valence-corrected chi connectivity index (χ1v) is 7.51. The van der Waals surface area contributed by atoms with Crippen molar-refractivity contribution in [3.63, 3.8) is 0 Å². The lowest BCUT2D eigenvalue weighted by atomic mass is 10.1. The van der Waals surface area contributed by atoms with Gasteiger partial charge in [0.1, 0.15) is 0 Å². The number of nitro benzene ring substituents is 1. The van der Waals surface area contributed by atoms with Gasteiger partial charge in [-0.05, 0) is 30.4 Å². The molecule has 1 rings (SSSR count). The maximum Gasteiger partial charge on any atom is 0.321 e. The summed E-state index contributed by atoms with van der Waals surface area (Å²) >= 11 is 0. The zero-order valence-corrected chi connectivity index (χ0v) is 13.9. The Kier molecular flexibility index (Phi) is 6.34. The van der Waals surface area contributed by atoms with Crippen LogP contribution < -0.4 is 5.32 Å². The van der Waals surface area contributed by atoms with E-state index >= 15 is 0 Å². The number of hydrogen-bond donors (Lipinski definition) is 1. The molecule has 122 valence electrons. The van der Waals surface area contributed by atoms with Crippen molar-refractivity contribution in [2.45, 2.75) is 34.6 Å². The molecular weight excluding hydrogens is 282 g/mol. The Morgan fingerprint density at radius 3 is 2.18 bits per heavy atom. The molecular formula is C16H25N3O3. The molecule has 0 heterocycles. The smallest absolute Gasteiger partial charge is 0.321 e. The Morgan fingerprint density at radius 1 is 1.23 bits per heavy atom. The summed E-state index contributed by atoms with van der Waals surface area (Å²) in [6.45, 7) is 11.4. The van der Waals surface area contributed by atoms with E-state index in [9.17, 15) is 14.9 Å². The highest BCUT2D eigenvalue weighted by molar-refractivity contribution is 5.90. The number of non-ortho nitro benzene ring substituents is 1. The Balaban J connectivity index is 2.86. The van der Waals surface area contributed by atoms with Crippen LogP contribution in [0.3, 0.4) is 0 Å². The van der Waals surface area contributed by atoms with E-state index in [1.165, 1.54) is 12.1 Å². The average Bonchev–Trinajstić information content (AvgIpc) is 2.38. The van der Waals surface area contributed by atoms with E-state index in [1.54, 1.807) is 17.9 Å². The number of hydrogen-bond acceptors (Lipinski definition) is 3. The molecule has 0 spiro atoms. The highest BCUT2D eigenvalue weighted by Crippen LogP contribution is 2.21. The molecule has 0 aliphatic heterocycles. The van der Waals surface area contributed by atoms with E-state index in [1.807, 2.05) is 0 Å². The van der Waals surface area contributed by atoms with Crippen molar-refractivity contribution in [1.29, 1.82) is 0 Å². The second-order valence-corrected chi connectivity index (χ2v) is 6.38. The van der Waals surface area contributed by atoms with Gasteiger partial charge in [0.15, 0.2) is 0 Å². The second kappa shape index (κ2) is 7.77. The first kappa shape index (κ1) is 17.9. The van der Waals surface area contributed by atoms with Crippen molar-refractivity contribution in [3.8, 4) is 0 Å². The molecule has 0 aliphatic rings. The highest BCUT2D eigenvalue weighted by atomic mass is 16.6. The van der Waals surface area contributed by atoms with E-state index in [0.29, 0.717) is 36.2 Å². The summed E-state index contributed by atoms with van der Waals surface area (Å²) in [4.78, 5) is 24.5. The summed E-state index contributed by atoms with van der Waals surface area (Å²) in [7, 11) is 0. The fourth-order valence-corrected chi connectivity index (χ4v) is 2.22. The van der Waals surface area contributed by atoms with Gasteiger partial charge in [-0.2, -0.15) is 0 Å². The molecule has 0 aliphatic carbocycles. The minimum atomic E-state index is -0.442. The molecule has 0 aromatic heterocycles. The maximum absolute atomic E-state index is 12.4. The van der Waals surface area contributed by atoms with Crippen LogP contribution in [0.25, 0.3) is 0 Å². The number of carbonyl (C=O) groups is 1. The highest BCUT2D eigenvalue weighted by Gasteiger charge is 2.17. The Morgan fingerprint density at radius 2 is 1.77 bits per heavy atom. The predicted octanol–water partition coefficient (Wildman–Crippen LogP) is 4.05. The minimum Gasteiger partial charge on any atom is -0.324 e. The van der Waals surface area contributed by atoms with Gasteiger partial charge in [0, 0.05) is 30.9 Å². The summed E-state index contributed by atoms with van der Waals surface area (Å²) in [5.74, 6) is 0.755. The molecule has 0 radical (unpaired) electrons. The van der Waals surface area contributed by atoms with Crippen LogP contribution in [0.5, 0.6) is 0 Å². The van der Waals surface area contributed by atoms with Crippen LogP contribution in [0.2, 0.25) is 0 Å². The zero-order valence-electron chi connectivity index (χ0n) is 13.9. The molecule has 6 nitrogen and oxygen atoms in total. The molecule has 0 bridgehead atoms. The zero-order chi connectivity index (χ0) is 16.9. The number of anilines is 1. The van der Waals surface area contributed by atoms with Gasteiger partial charge in [-0.25, -0.2) is 4.79 Å². The molecule has 22 heavy (non-hydrogen) atoms. The van der Waals surface area contributed by atoms with Crippen molar-refractivity contribution in [2.24, 2.45) is 11.8 Å². The Bertz CT molecular complexity index is 531. The van der Waals surface area contributed by atoms with Crippen LogP contribution >= 0.6 is 0 Å². The van der Waals surface area contributed by atoms with E-state index in [0.717, 1.165) is 0 Å². The van der Waals surface area contributed by atoms with Crippen molar-refractivity contribution in [3.05, 3.63) is 33.9 Å². The lowest BCUT2D eigenvalue weighted by Gasteiger charge is -2.27. The first-order chi connectivity index (χ1) is 10.2. The van der Waals surface area contributed by atoms with Crippen molar-refractivity contribution >= 4 is 17.4 Å². The topological polar surface area (TPSA) is 75.5 Å². The number of nitrogens with zero attached hydrogens (tertiary/aromatic N) is 2. The first-order valence-electron chi connectivity index (χ1n) is 7.51. The fraction of sp³-hybridized carbons (Fsp3) is 0.562. The maximum atomic E-state index is 12.4. The van der Waals surface area contributed by atoms with Gasteiger partial charge in [0.05, 0.1) is 4.92 Å². The summed E-state index contributed by atoms with van der Waals surface area (Å²) in [5, 5.41) is 13.6. The Labute approximate surface area is 131 Å². The third kappa shape index (κ3) is 5.35. The van der Waals surface area contributed by atoms with Gasteiger partial charge in [-0.1, -0.05) is 27.7 Å². The molecule has 1 N–H and O–H groups in total. The minimum absolute atomic E-state index is 0.0247. The van der Waals surface area contributed by atoms with Gasteiger partial charge in [0.2, 0.25) is 0 Å². The molecule has 0 saturated heterocycles. The molecule has 0 atom stereocenters. The van der Waals surface area contributed by atoms with E-state index < -0.39 is 4.92 Å². The van der Waals surface area contributed by atoms with Crippen LogP contribution in [0.15, 0.2) is 18.2 Å². The van der Waals surface area contributed by atoms with Crippen LogP contribution in [0.4, 0.5) is 16.2 Å². The van der Waals surface area contributed by atoms with Crippen molar-refractivity contribution in [1.82, 2.24) is 4.90 Å². The SMILES string of the molecule is Cc1cc([N+](=O)[O-])ccc1NC(=O)N(CC(C)C)CC(C)C. The number of rotatable bonds is 6. The lowest BCUT2D eigenvalue weighted by molar-refractivity contribution is -0.384. The van der Waals surface area contributed by atoms with Gasteiger partial charge < -0.3 is 10.2 Å². The fourth-order valence-electron chi connectivity index (χ4n) is 2.22. The lowest BCUT2D eigenvalue weighted by Crippen LogP contribution is -2.40. The van der Waals surface area contributed by atoms with Gasteiger partial charge in [0.25, 0.3) is 5.69 Å². The standard InChI is InChI=1S/C16H25N3O3/c1-11(2)9-18(10-12(3)4)16(20)17-15-7-6-14(19(21)22)8-13(15)5/h6-8,11-12H,9-10H2,1-5H3,(H,17,20). The number of urea groups is 1. The van der Waals surface area contributed by atoms with Crippen LogP contribution in [-0.4, -0.2) is 28.9 Å². The predicted molar refractivity (Wildman–Crippen MR) is 88.1 cm³/mol. The summed E-state index contributed by atoms with van der Waals surface area (Å²) in [6.07, 6.45) is 0. The molecule has 1 aromatic carbocycles. The number of nitro groups is 1. The number of nitrogens with one attached hydrogen (secondary N) is 1. The monoisotopic (exact) mass is 307 g/mol. The average molecular weight is 307 g/mol. The second-order valence-electron chi connectivity index (χ2n) is 6.38. The number of benzene rings is 1. The third-order valence-electron chi connectivity index (χ3n) is 3.12. The van der Waals surface area contributed by atoms with E-state index in [2.05, 4.69) is 33.0 Å². The van der Waals surface area contributed by atoms with Crippen LogP contribution in [-0.2, 0) is 0 Å². The van der Waals surface area contributed by atoms with Crippen LogP contribution in [0, 0.1) is 28.9 Å². The Hall–Kier alpha value is -2.11. The summed E-state index contributed by atoms with van der Waals surface area (Å²) in [5.41, 5.74) is 1.31. The van der Waals surface area contributed by atoms with E-state index in [-0.39, 0.29) is 11.7 Å². The largest absolute Gasteiger partial charge is 0.324 e. The molecule has 0 saturated carbocycles. The van der Waals surface area contributed by atoms with Gasteiger partial charge in [-0.15, -0.1) is 0 Å². The molecule has 0 fully saturated rings. The summed E-state index contributed by atoms with van der Waals surface area (Å²) < 4.78 is 0. The quantitative estimate of drug-likeness (QED) is 0.636. The van der Waals surface area contributed by atoms with Gasteiger partial charge >= 0.3 is 6.03 Å². The molecule has 1 aromatic rings. The number of aryl methyl sites for hydroxylation is 1. The van der Waals surface area contributed by atoms with Crippen molar-refractivity contribution < 1.29 is 9.72 Å².